The molecule has 0 atom stereocenters. The molecule has 1 rings (SSSR count). The normalized spacial score (nSPS) is 11.2. The van der Waals surface area contributed by atoms with Gasteiger partial charge in [0.05, 0.1) is 12.7 Å². The fourth-order valence-electron chi connectivity index (χ4n) is 0.956. The molecule has 0 fully saturated rings. The molecule has 0 aromatic carbocycles. The van der Waals surface area contributed by atoms with Gasteiger partial charge in [0.15, 0.2) is 0 Å². The second kappa shape index (κ2) is 4.31. The van der Waals surface area contributed by atoms with Crippen LogP contribution in [0.15, 0.2) is 18.3 Å². The van der Waals surface area contributed by atoms with Crippen LogP contribution in [0.1, 0.15) is 16.1 Å². The number of aromatic nitrogens is 1. The Hall–Kier alpha value is -1.56. The van der Waals surface area contributed by atoms with Gasteiger partial charge in [-0.2, -0.15) is 8.78 Å². The standard InChI is InChI=1S/C9H9F2NO3/c1-15-8(14)6-2-3-12-7(4-6)9(10,11)5-13/h2-4,13H,5H2,1H3. The highest BCUT2D eigenvalue weighted by atomic mass is 19.3. The Morgan fingerprint density at radius 3 is 2.87 bits per heavy atom. The molecule has 0 unspecified atom stereocenters. The molecular weight excluding hydrogens is 208 g/mol. The first kappa shape index (κ1) is 11.5. The highest BCUT2D eigenvalue weighted by Gasteiger charge is 2.32. The third-order valence-corrected chi connectivity index (χ3v) is 1.75. The van der Waals surface area contributed by atoms with Crippen molar-refractivity contribution in [3.63, 3.8) is 0 Å². The van der Waals surface area contributed by atoms with Crippen LogP contribution in [0.3, 0.4) is 0 Å². The summed E-state index contributed by atoms with van der Waals surface area (Å²) in [4.78, 5) is 14.4. The third-order valence-electron chi connectivity index (χ3n) is 1.75. The number of pyridine rings is 1. The summed E-state index contributed by atoms with van der Waals surface area (Å²) in [5, 5.41) is 8.43. The summed E-state index contributed by atoms with van der Waals surface area (Å²) >= 11 is 0. The zero-order chi connectivity index (χ0) is 11.5. The summed E-state index contributed by atoms with van der Waals surface area (Å²) in [5.41, 5.74) is -0.691. The molecule has 1 N–H and O–H groups in total. The monoisotopic (exact) mass is 217 g/mol. The molecule has 0 aliphatic rings. The summed E-state index contributed by atoms with van der Waals surface area (Å²) < 4.78 is 30.3. The van der Waals surface area contributed by atoms with Crippen molar-refractivity contribution in [2.45, 2.75) is 5.92 Å². The molecule has 0 radical (unpaired) electrons. The largest absolute Gasteiger partial charge is 0.465 e. The molecule has 6 heteroatoms. The van der Waals surface area contributed by atoms with Gasteiger partial charge in [0.1, 0.15) is 12.3 Å². The lowest BCUT2D eigenvalue weighted by Crippen LogP contribution is -2.20. The number of aliphatic hydroxyl groups is 1. The first-order valence-electron chi connectivity index (χ1n) is 4.05. The number of nitrogens with zero attached hydrogens (tertiary/aromatic N) is 1. The SMILES string of the molecule is COC(=O)c1ccnc(C(F)(F)CO)c1. The number of ether oxygens (including phenoxy) is 1. The van der Waals surface area contributed by atoms with Crippen molar-refractivity contribution < 1.29 is 23.4 Å². The van der Waals surface area contributed by atoms with E-state index in [1.807, 2.05) is 0 Å². The van der Waals surface area contributed by atoms with Crippen LogP contribution in [0, 0.1) is 0 Å². The second-order valence-electron chi connectivity index (χ2n) is 2.78. The molecule has 0 spiro atoms. The van der Waals surface area contributed by atoms with E-state index in [2.05, 4.69) is 9.72 Å². The number of carbonyl (C=O) groups excluding carboxylic acids is 1. The van der Waals surface area contributed by atoms with Crippen molar-refractivity contribution in [2.24, 2.45) is 0 Å². The zero-order valence-corrected chi connectivity index (χ0v) is 7.91. The van der Waals surface area contributed by atoms with Crippen LogP contribution in [0.2, 0.25) is 0 Å². The first-order chi connectivity index (χ1) is 7.01. The van der Waals surface area contributed by atoms with Gasteiger partial charge in [0.25, 0.3) is 0 Å². The van der Waals surface area contributed by atoms with E-state index in [4.69, 9.17) is 5.11 Å². The van der Waals surface area contributed by atoms with Gasteiger partial charge < -0.3 is 9.84 Å². The van der Waals surface area contributed by atoms with Gasteiger partial charge in [0.2, 0.25) is 0 Å². The Labute approximate surface area is 84.5 Å². The van der Waals surface area contributed by atoms with Gasteiger partial charge in [-0.1, -0.05) is 0 Å². The second-order valence-corrected chi connectivity index (χ2v) is 2.78. The number of aliphatic hydroxyl groups excluding tert-OH is 1. The topological polar surface area (TPSA) is 59.4 Å². The molecule has 1 aromatic rings. The predicted molar refractivity (Wildman–Crippen MR) is 46.6 cm³/mol. The Bertz CT molecular complexity index is 368. The van der Waals surface area contributed by atoms with E-state index >= 15 is 0 Å². The Morgan fingerprint density at radius 2 is 2.33 bits per heavy atom. The molecule has 0 aliphatic heterocycles. The van der Waals surface area contributed by atoms with Crippen molar-refractivity contribution >= 4 is 5.97 Å². The van der Waals surface area contributed by atoms with E-state index in [0.29, 0.717) is 0 Å². The highest BCUT2D eigenvalue weighted by Crippen LogP contribution is 2.25. The Balaban J connectivity index is 3.08. The van der Waals surface area contributed by atoms with Gasteiger partial charge in [-0.05, 0) is 12.1 Å². The molecule has 0 aliphatic carbocycles. The molecule has 1 aromatic heterocycles. The number of alkyl halides is 2. The van der Waals surface area contributed by atoms with Crippen molar-refractivity contribution in [3.05, 3.63) is 29.6 Å². The van der Waals surface area contributed by atoms with Gasteiger partial charge in [0, 0.05) is 6.20 Å². The van der Waals surface area contributed by atoms with Crippen LogP contribution in [-0.4, -0.2) is 29.8 Å². The van der Waals surface area contributed by atoms with Gasteiger partial charge in [-0.3, -0.25) is 4.98 Å². The van der Waals surface area contributed by atoms with E-state index in [9.17, 15) is 13.6 Å². The van der Waals surface area contributed by atoms with E-state index in [-0.39, 0.29) is 5.56 Å². The lowest BCUT2D eigenvalue weighted by Gasteiger charge is -2.12. The van der Waals surface area contributed by atoms with Crippen LogP contribution in [-0.2, 0) is 10.7 Å². The van der Waals surface area contributed by atoms with Gasteiger partial charge in [-0.15, -0.1) is 0 Å². The van der Waals surface area contributed by atoms with Crippen LogP contribution in [0.25, 0.3) is 0 Å². The Morgan fingerprint density at radius 1 is 1.67 bits per heavy atom. The number of methoxy groups -OCH3 is 1. The molecular formula is C9H9F2NO3. The number of halogens is 2. The van der Waals surface area contributed by atoms with E-state index in [1.54, 1.807) is 0 Å². The van der Waals surface area contributed by atoms with Crippen LogP contribution in [0.4, 0.5) is 8.78 Å². The maximum Gasteiger partial charge on any atom is 0.337 e. The van der Waals surface area contributed by atoms with Gasteiger partial charge >= 0.3 is 11.9 Å². The quantitative estimate of drug-likeness (QED) is 0.766. The molecule has 0 bridgehead atoms. The molecule has 1 heterocycles. The fraction of sp³-hybridized carbons (Fsp3) is 0.333. The molecule has 0 amide bonds. The number of rotatable bonds is 3. The average Bonchev–Trinajstić information content (AvgIpc) is 2.28. The van der Waals surface area contributed by atoms with Crippen molar-refractivity contribution in [2.75, 3.05) is 13.7 Å². The first-order valence-corrected chi connectivity index (χ1v) is 4.05. The molecule has 15 heavy (non-hydrogen) atoms. The average molecular weight is 217 g/mol. The van der Waals surface area contributed by atoms with E-state index in [0.717, 1.165) is 19.4 Å². The number of carbonyl (C=O) groups is 1. The Kier molecular flexibility index (Phi) is 3.31. The molecule has 0 saturated carbocycles. The maximum atomic E-state index is 13.0. The van der Waals surface area contributed by atoms with Gasteiger partial charge in [-0.25, -0.2) is 4.79 Å². The lowest BCUT2D eigenvalue weighted by atomic mass is 10.1. The molecule has 0 saturated heterocycles. The fourth-order valence-corrected chi connectivity index (χ4v) is 0.956. The van der Waals surface area contributed by atoms with Crippen molar-refractivity contribution in [1.82, 2.24) is 4.98 Å². The van der Waals surface area contributed by atoms with Crippen LogP contribution >= 0.6 is 0 Å². The summed E-state index contributed by atoms with van der Waals surface area (Å²) in [6.45, 7) is -1.36. The zero-order valence-electron chi connectivity index (χ0n) is 7.91. The highest BCUT2D eigenvalue weighted by molar-refractivity contribution is 5.89. The smallest absolute Gasteiger partial charge is 0.337 e. The molecule has 82 valence electrons. The summed E-state index contributed by atoms with van der Waals surface area (Å²) in [5.74, 6) is -4.18. The maximum absolute atomic E-state index is 13.0. The van der Waals surface area contributed by atoms with Crippen molar-refractivity contribution in [3.8, 4) is 0 Å². The van der Waals surface area contributed by atoms with Crippen LogP contribution < -0.4 is 0 Å². The minimum Gasteiger partial charge on any atom is -0.465 e. The summed E-state index contributed by atoms with van der Waals surface area (Å²) in [7, 11) is 1.15. The number of hydrogen-bond acceptors (Lipinski definition) is 4. The summed E-state index contributed by atoms with van der Waals surface area (Å²) in [6.07, 6.45) is 1.06. The predicted octanol–water partition coefficient (Wildman–Crippen LogP) is 0.952. The minimum atomic E-state index is -3.45. The summed E-state index contributed by atoms with van der Waals surface area (Å²) in [6, 6.07) is 2.14. The number of hydrogen-bond donors (Lipinski definition) is 1. The molecule has 4 nitrogen and oxygen atoms in total. The minimum absolute atomic E-state index is 0.0318. The van der Waals surface area contributed by atoms with Crippen LogP contribution in [0.5, 0.6) is 0 Å². The van der Waals surface area contributed by atoms with E-state index in [1.165, 1.54) is 6.07 Å². The third kappa shape index (κ3) is 2.47. The lowest BCUT2D eigenvalue weighted by molar-refractivity contribution is -0.0592. The van der Waals surface area contributed by atoms with Crippen molar-refractivity contribution in [1.29, 1.82) is 0 Å². The number of esters is 1. The van der Waals surface area contributed by atoms with E-state index < -0.39 is 24.2 Å².